The monoisotopic (exact) mass is 391 g/mol. The zero-order valence-corrected chi connectivity index (χ0v) is 16.5. The SMILES string of the molecule is Cc1cccc(NC(=O)COC(=O)[C@H]2[C@H]3CC[C@@H](C3)[C@@H]2C(=O)c2ccccc2)c1. The number of hydrogen-bond acceptors (Lipinski definition) is 4. The minimum atomic E-state index is -0.451. The Morgan fingerprint density at radius 2 is 1.69 bits per heavy atom. The molecule has 0 aliphatic heterocycles. The van der Waals surface area contributed by atoms with E-state index in [9.17, 15) is 14.4 Å². The summed E-state index contributed by atoms with van der Waals surface area (Å²) >= 11 is 0. The van der Waals surface area contributed by atoms with E-state index in [0.717, 1.165) is 24.8 Å². The second kappa shape index (κ2) is 8.19. The van der Waals surface area contributed by atoms with Crippen LogP contribution in [0.25, 0.3) is 0 Å². The Kier molecular flexibility index (Phi) is 5.47. The molecule has 2 aromatic rings. The van der Waals surface area contributed by atoms with Crippen LogP contribution in [0.1, 0.15) is 35.2 Å². The van der Waals surface area contributed by atoms with Crippen molar-refractivity contribution in [1.82, 2.24) is 0 Å². The van der Waals surface area contributed by atoms with Gasteiger partial charge in [0.2, 0.25) is 0 Å². The van der Waals surface area contributed by atoms with Gasteiger partial charge in [-0.1, -0.05) is 42.5 Å². The van der Waals surface area contributed by atoms with Crippen LogP contribution in [0.5, 0.6) is 0 Å². The van der Waals surface area contributed by atoms with Crippen molar-refractivity contribution in [2.45, 2.75) is 26.2 Å². The summed E-state index contributed by atoms with van der Waals surface area (Å²) in [6.07, 6.45) is 2.81. The van der Waals surface area contributed by atoms with E-state index in [2.05, 4.69) is 5.32 Å². The number of carbonyl (C=O) groups is 3. The molecule has 2 aliphatic rings. The summed E-state index contributed by atoms with van der Waals surface area (Å²) in [4.78, 5) is 38.1. The van der Waals surface area contributed by atoms with Crippen LogP contribution in [0, 0.1) is 30.6 Å². The normalized spacial score (nSPS) is 24.9. The molecule has 0 aromatic heterocycles. The van der Waals surface area contributed by atoms with Crippen LogP contribution >= 0.6 is 0 Å². The first-order valence-corrected chi connectivity index (χ1v) is 10.2. The second-order valence-electron chi connectivity index (χ2n) is 8.14. The first-order valence-electron chi connectivity index (χ1n) is 10.2. The Balaban J connectivity index is 1.40. The number of hydrogen-bond donors (Lipinski definition) is 1. The van der Waals surface area contributed by atoms with Gasteiger partial charge in [-0.2, -0.15) is 0 Å². The summed E-state index contributed by atoms with van der Waals surface area (Å²) in [7, 11) is 0. The maximum absolute atomic E-state index is 13.1. The lowest BCUT2D eigenvalue weighted by Gasteiger charge is -2.28. The number of fused-ring (bicyclic) bond motifs is 2. The van der Waals surface area contributed by atoms with Gasteiger partial charge in [0.25, 0.3) is 5.91 Å². The number of rotatable bonds is 6. The maximum Gasteiger partial charge on any atom is 0.310 e. The molecule has 2 fully saturated rings. The van der Waals surface area contributed by atoms with Gasteiger partial charge >= 0.3 is 5.97 Å². The van der Waals surface area contributed by atoms with Crippen LogP contribution < -0.4 is 5.32 Å². The number of ether oxygens (including phenoxy) is 1. The van der Waals surface area contributed by atoms with Crippen LogP contribution in [-0.2, 0) is 14.3 Å². The Hall–Kier alpha value is -2.95. The number of ketones is 1. The molecule has 1 amide bonds. The molecule has 2 aliphatic carbocycles. The topological polar surface area (TPSA) is 72.5 Å². The van der Waals surface area contributed by atoms with Crippen LogP contribution in [0.2, 0.25) is 0 Å². The van der Waals surface area contributed by atoms with Gasteiger partial charge in [0.05, 0.1) is 5.92 Å². The van der Waals surface area contributed by atoms with Crippen molar-refractivity contribution in [2.75, 3.05) is 11.9 Å². The largest absolute Gasteiger partial charge is 0.455 e. The van der Waals surface area contributed by atoms with Crippen molar-refractivity contribution in [2.24, 2.45) is 23.7 Å². The summed E-state index contributed by atoms with van der Waals surface area (Å²) in [6.45, 7) is 1.60. The predicted octanol–water partition coefficient (Wildman–Crippen LogP) is 4.02. The van der Waals surface area contributed by atoms with Crippen LogP contribution in [-0.4, -0.2) is 24.3 Å². The molecule has 0 spiro atoms. The average Bonchev–Trinajstić information content (AvgIpc) is 3.34. The third kappa shape index (κ3) is 4.09. The van der Waals surface area contributed by atoms with Gasteiger partial charge in [-0.15, -0.1) is 0 Å². The van der Waals surface area contributed by atoms with Gasteiger partial charge in [-0.05, 0) is 55.7 Å². The van der Waals surface area contributed by atoms with Gasteiger partial charge < -0.3 is 10.1 Å². The molecule has 5 heteroatoms. The molecule has 2 aromatic carbocycles. The molecule has 1 N–H and O–H groups in total. The van der Waals surface area contributed by atoms with E-state index in [4.69, 9.17) is 4.74 Å². The van der Waals surface area contributed by atoms with Crippen molar-refractivity contribution in [1.29, 1.82) is 0 Å². The highest BCUT2D eigenvalue weighted by molar-refractivity contribution is 6.01. The highest BCUT2D eigenvalue weighted by Crippen LogP contribution is 2.53. The standard InChI is InChI=1S/C24H25NO4/c1-15-6-5-9-19(12-15)25-20(26)14-29-24(28)22-18-11-10-17(13-18)21(22)23(27)16-7-3-2-4-8-16/h2-9,12,17-18,21-22H,10-11,13-14H2,1H3,(H,25,26)/t17-,18-,21-,22-/m0/s1. The number of nitrogens with one attached hydrogen (secondary N) is 1. The number of amides is 1. The lowest BCUT2D eigenvalue weighted by atomic mass is 9.75. The molecular weight excluding hydrogens is 366 g/mol. The highest BCUT2D eigenvalue weighted by Gasteiger charge is 2.54. The predicted molar refractivity (Wildman–Crippen MR) is 109 cm³/mol. The molecule has 4 atom stereocenters. The van der Waals surface area contributed by atoms with E-state index in [1.165, 1.54) is 0 Å². The zero-order chi connectivity index (χ0) is 20.4. The van der Waals surface area contributed by atoms with Crippen LogP contribution in [0.4, 0.5) is 5.69 Å². The van der Waals surface area contributed by atoms with Gasteiger partial charge in [-0.25, -0.2) is 0 Å². The molecular formula is C24H25NO4. The molecule has 0 heterocycles. The lowest BCUT2D eigenvalue weighted by Crippen LogP contribution is -2.37. The van der Waals surface area contributed by atoms with Gasteiger partial charge in [0.15, 0.2) is 12.4 Å². The third-order valence-corrected chi connectivity index (χ3v) is 6.20. The number of anilines is 1. The van der Waals surface area contributed by atoms with Gasteiger partial charge in [-0.3, -0.25) is 14.4 Å². The Morgan fingerprint density at radius 1 is 0.966 bits per heavy atom. The first-order chi connectivity index (χ1) is 14.0. The molecule has 0 unspecified atom stereocenters. The summed E-state index contributed by atoms with van der Waals surface area (Å²) in [5.74, 6) is -1.18. The minimum Gasteiger partial charge on any atom is -0.455 e. The minimum absolute atomic E-state index is 0.0176. The van der Waals surface area contributed by atoms with E-state index in [-0.39, 0.29) is 36.1 Å². The fourth-order valence-corrected chi connectivity index (χ4v) is 4.96. The Labute approximate surface area is 170 Å². The number of esters is 1. The molecule has 2 saturated carbocycles. The van der Waals surface area contributed by atoms with E-state index in [0.29, 0.717) is 11.3 Å². The van der Waals surface area contributed by atoms with Crippen molar-refractivity contribution >= 4 is 23.3 Å². The molecule has 29 heavy (non-hydrogen) atoms. The van der Waals surface area contributed by atoms with Gasteiger partial charge in [0.1, 0.15) is 0 Å². The quantitative estimate of drug-likeness (QED) is 0.596. The Morgan fingerprint density at radius 3 is 2.41 bits per heavy atom. The fourth-order valence-electron chi connectivity index (χ4n) is 4.96. The van der Waals surface area contributed by atoms with E-state index in [1.807, 2.05) is 43.3 Å². The summed E-state index contributed by atoms with van der Waals surface area (Å²) in [6, 6.07) is 16.6. The average molecular weight is 391 g/mol. The number of Topliss-reactive ketones (excluding diaryl/α,β-unsaturated/α-hetero) is 1. The summed E-state index contributed by atoms with van der Waals surface area (Å²) in [5.41, 5.74) is 2.34. The number of benzene rings is 2. The van der Waals surface area contributed by atoms with Crippen molar-refractivity contribution < 1.29 is 19.1 Å². The summed E-state index contributed by atoms with van der Waals surface area (Å²) < 4.78 is 5.36. The molecule has 150 valence electrons. The van der Waals surface area contributed by atoms with Crippen molar-refractivity contribution in [3.8, 4) is 0 Å². The van der Waals surface area contributed by atoms with Crippen LogP contribution in [0.3, 0.4) is 0 Å². The lowest BCUT2D eigenvalue weighted by molar-refractivity contribution is -0.154. The molecule has 2 bridgehead atoms. The fraction of sp³-hybridized carbons (Fsp3) is 0.375. The number of aryl methyl sites for hydroxylation is 1. The number of carbonyl (C=O) groups excluding carboxylic acids is 3. The van der Waals surface area contributed by atoms with Crippen molar-refractivity contribution in [3.63, 3.8) is 0 Å². The Bertz CT molecular complexity index is 923. The molecule has 0 saturated heterocycles. The van der Waals surface area contributed by atoms with Gasteiger partial charge in [0, 0.05) is 17.2 Å². The molecule has 4 rings (SSSR count). The first kappa shape index (κ1) is 19.4. The van der Waals surface area contributed by atoms with Crippen LogP contribution in [0.15, 0.2) is 54.6 Å². The van der Waals surface area contributed by atoms with Crippen molar-refractivity contribution in [3.05, 3.63) is 65.7 Å². The van der Waals surface area contributed by atoms with E-state index in [1.54, 1.807) is 18.2 Å². The van der Waals surface area contributed by atoms with E-state index >= 15 is 0 Å². The second-order valence-corrected chi connectivity index (χ2v) is 8.14. The summed E-state index contributed by atoms with van der Waals surface area (Å²) in [5, 5.41) is 2.74. The zero-order valence-electron chi connectivity index (χ0n) is 16.5. The van der Waals surface area contributed by atoms with E-state index < -0.39 is 11.9 Å². The molecule has 5 nitrogen and oxygen atoms in total. The highest BCUT2D eigenvalue weighted by atomic mass is 16.5. The molecule has 0 radical (unpaired) electrons. The third-order valence-electron chi connectivity index (χ3n) is 6.20. The maximum atomic E-state index is 13.1. The smallest absolute Gasteiger partial charge is 0.310 e.